The molecule has 0 N–H and O–H groups in total. The van der Waals surface area contributed by atoms with Gasteiger partial charge in [-0.05, 0) is 22.4 Å². The molecule has 0 radical (unpaired) electrons. The van der Waals surface area contributed by atoms with Gasteiger partial charge in [0.05, 0.1) is 19.3 Å². The van der Waals surface area contributed by atoms with Crippen molar-refractivity contribution >= 4 is 62.4 Å². The van der Waals surface area contributed by atoms with Crippen LogP contribution in [0.4, 0.5) is 5.82 Å². The van der Waals surface area contributed by atoms with Crippen LogP contribution in [0.2, 0.25) is 0 Å². The van der Waals surface area contributed by atoms with Crippen LogP contribution < -0.4 is 9.08 Å². The predicted octanol–water partition coefficient (Wildman–Crippen LogP) is 1.48. The number of aromatic nitrogens is 1. The number of anilines is 1. The number of ether oxygens (including phenoxy) is 1. The predicted molar refractivity (Wildman–Crippen MR) is 86.0 cm³/mol. The molecule has 0 amide bonds. The molecule has 0 saturated carbocycles. The van der Waals surface area contributed by atoms with Crippen molar-refractivity contribution in [3.8, 4) is 5.75 Å². The second kappa shape index (κ2) is 8.70. The fraction of sp³-hybridized carbons (Fsp3) is 0.583. The quantitative estimate of drug-likeness (QED) is 0.591. The van der Waals surface area contributed by atoms with E-state index in [1.165, 1.54) is 6.26 Å². The molecular formula is C12H18BrN2NaO3S. The third kappa shape index (κ3) is 4.96. The van der Waals surface area contributed by atoms with Crippen molar-refractivity contribution in [1.82, 2.24) is 4.98 Å². The summed E-state index contributed by atoms with van der Waals surface area (Å²) in [7, 11) is 0. The van der Waals surface area contributed by atoms with Crippen molar-refractivity contribution in [3.63, 3.8) is 0 Å². The van der Waals surface area contributed by atoms with Gasteiger partial charge in [0, 0.05) is 24.9 Å². The number of hydrogen-bond donors (Lipinski definition) is 0. The van der Waals surface area contributed by atoms with Crippen LogP contribution in [-0.2, 0) is 15.8 Å². The molecule has 0 aliphatic carbocycles. The Hall–Kier alpha value is 0.340. The molecule has 0 aromatic carbocycles. The first-order chi connectivity index (χ1) is 9.10. The van der Waals surface area contributed by atoms with Crippen molar-refractivity contribution in [2.75, 3.05) is 30.9 Å². The maximum absolute atomic E-state index is 11.2. The monoisotopic (exact) mass is 372 g/mol. The molecule has 108 valence electrons. The van der Waals surface area contributed by atoms with Crippen LogP contribution in [0, 0.1) is 0 Å². The SMILES string of the molecule is CC[C@H]1COCCN1c1cc(O[S@@](C)=O)cc(Br)n1.[NaH]. The van der Waals surface area contributed by atoms with Crippen molar-refractivity contribution in [1.29, 1.82) is 0 Å². The van der Waals surface area contributed by atoms with Crippen molar-refractivity contribution < 1.29 is 13.1 Å². The first kappa shape index (κ1) is 18.4. The van der Waals surface area contributed by atoms with Gasteiger partial charge in [0.15, 0.2) is 0 Å². The number of nitrogens with zero attached hydrogens (tertiary/aromatic N) is 2. The summed E-state index contributed by atoms with van der Waals surface area (Å²) in [4.78, 5) is 6.68. The van der Waals surface area contributed by atoms with Crippen molar-refractivity contribution in [2.24, 2.45) is 0 Å². The van der Waals surface area contributed by atoms with Gasteiger partial charge in [0.1, 0.15) is 16.2 Å². The van der Waals surface area contributed by atoms with Crippen molar-refractivity contribution in [3.05, 3.63) is 16.7 Å². The number of pyridine rings is 1. The van der Waals surface area contributed by atoms with Gasteiger partial charge in [-0.25, -0.2) is 9.19 Å². The van der Waals surface area contributed by atoms with E-state index in [2.05, 4.69) is 32.7 Å². The van der Waals surface area contributed by atoms with E-state index in [1.807, 2.05) is 6.07 Å². The van der Waals surface area contributed by atoms with E-state index in [1.54, 1.807) is 6.07 Å². The molecule has 0 bridgehead atoms. The second-order valence-electron chi connectivity index (χ2n) is 4.30. The first-order valence-corrected chi connectivity index (χ1v) is 8.41. The molecule has 1 fully saturated rings. The van der Waals surface area contributed by atoms with Crippen LogP contribution in [0.15, 0.2) is 16.7 Å². The summed E-state index contributed by atoms with van der Waals surface area (Å²) < 4.78 is 22.6. The van der Waals surface area contributed by atoms with Crippen LogP contribution in [0.5, 0.6) is 5.75 Å². The molecule has 20 heavy (non-hydrogen) atoms. The molecule has 0 spiro atoms. The Balaban J connectivity index is 0.00000200. The third-order valence-corrected chi connectivity index (χ3v) is 3.79. The normalized spacial score (nSPS) is 20.1. The molecule has 1 aromatic rings. The average Bonchev–Trinajstić information content (AvgIpc) is 2.37. The molecule has 2 atom stereocenters. The summed E-state index contributed by atoms with van der Waals surface area (Å²) >= 11 is 2.02. The van der Waals surface area contributed by atoms with Gasteiger partial charge < -0.3 is 13.8 Å². The molecule has 2 heterocycles. The Kier molecular flexibility index (Phi) is 8.00. The summed E-state index contributed by atoms with van der Waals surface area (Å²) in [6.07, 6.45) is 2.49. The molecule has 8 heteroatoms. The van der Waals surface area contributed by atoms with E-state index in [4.69, 9.17) is 8.92 Å². The molecule has 1 aliphatic rings. The van der Waals surface area contributed by atoms with Gasteiger partial charge in [-0.3, -0.25) is 0 Å². The zero-order chi connectivity index (χ0) is 13.8. The van der Waals surface area contributed by atoms with E-state index >= 15 is 0 Å². The van der Waals surface area contributed by atoms with Crippen LogP contribution in [0.1, 0.15) is 13.3 Å². The molecule has 0 unspecified atom stereocenters. The Bertz CT molecular complexity index is 478. The molecule has 1 saturated heterocycles. The number of hydrogen-bond acceptors (Lipinski definition) is 5. The van der Waals surface area contributed by atoms with E-state index in [9.17, 15) is 4.21 Å². The molecule has 2 rings (SSSR count). The Morgan fingerprint density at radius 3 is 3.00 bits per heavy atom. The summed E-state index contributed by atoms with van der Waals surface area (Å²) in [5, 5.41) is 0. The average molecular weight is 373 g/mol. The minimum atomic E-state index is -1.34. The maximum atomic E-state index is 11.2. The molecule has 1 aromatic heterocycles. The van der Waals surface area contributed by atoms with Gasteiger partial charge in [-0.2, -0.15) is 0 Å². The number of halogens is 1. The van der Waals surface area contributed by atoms with Gasteiger partial charge in [0.2, 0.25) is 11.1 Å². The Morgan fingerprint density at radius 1 is 1.60 bits per heavy atom. The second-order valence-corrected chi connectivity index (χ2v) is 6.08. The zero-order valence-electron chi connectivity index (χ0n) is 11.0. The van der Waals surface area contributed by atoms with Crippen LogP contribution in [0.25, 0.3) is 0 Å². The van der Waals surface area contributed by atoms with Gasteiger partial charge in [-0.15, -0.1) is 0 Å². The minimum absolute atomic E-state index is 0. The zero-order valence-corrected chi connectivity index (χ0v) is 13.4. The Labute approximate surface area is 152 Å². The number of rotatable bonds is 4. The molecular weight excluding hydrogens is 355 g/mol. The summed E-state index contributed by atoms with van der Waals surface area (Å²) in [5.74, 6) is 1.38. The van der Waals surface area contributed by atoms with Crippen LogP contribution in [-0.4, -0.2) is 70.8 Å². The summed E-state index contributed by atoms with van der Waals surface area (Å²) in [6.45, 7) is 4.33. The van der Waals surface area contributed by atoms with Gasteiger partial charge in [-0.1, -0.05) is 6.92 Å². The molecule has 5 nitrogen and oxygen atoms in total. The fourth-order valence-corrected chi connectivity index (χ4v) is 2.86. The standard InChI is InChI=1S/C12H17BrN2O3S.Na.H/c1-3-9-8-17-5-4-15(9)12-7-10(18-19(2)16)6-11(13)14-12;;/h6-7,9H,3-5,8H2,1-2H3;;/t9-,19-;;/m0../s1. The number of morpholine rings is 1. The van der Waals surface area contributed by atoms with E-state index in [-0.39, 0.29) is 29.6 Å². The van der Waals surface area contributed by atoms with Crippen molar-refractivity contribution in [2.45, 2.75) is 19.4 Å². The summed E-state index contributed by atoms with van der Waals surface area (Å²) in [5.41, 5.74) is 0. The molecule has 1 aliphatic heterocycles. The fourth-order valence-electron chi connectivity index (χ4n) is 2.09. The van der Waals surface area contributed by atoms with Crippen LogP contribution in [0.3, 0.4) is 0 Å². The van der Waals surface area contributed by atoms with E-state index in [0.29, 0.717) is 29.6 Å². The van der Waals surface area contributed by atoms with Crippen LogP contribution >= 0.6 is 15.9 Å². The van der Waals surface area contributed by atoms with E-state index < -0.39 is 11.1 Å². The summed E-state index contributed by atoms with van der Waals surface area (Å²) in [6, 6.07) is 3.85. The first-order valence-electron chi connectivity index (χ1n) is 6.14. The van der Waals surface area contributed by atoms with E-state index in [0.717, 1.165) is 18.8 Å². The topological polar surface area (TPSA) is 51.7 Å². The third-order valence-electron chi connectivity index (χ3n) is 2.96. The van der Waals surface area contributed by atoms with Gasteiger partial charge in [0.25, 0.3) is 0 Å². The van der Waals surface area contributed by atoms with Gasteiger partial charge >= 0.3 is 29.6 Å². The Morgan fingerprint density at radius 2 is 2.35 bits per heavy atom.